The smallest absolute Gasteiger partial charge is 0.268 e. The Morgan fingerprint density at radius 3 is 2.76 bits per heavy atom. The van der Waals surface area contributed by atoms with Gasteiger partial charge in [-0.2, -0.15) is 5.26 Å². The van der Waals surface area contributed by atoms with Gasteiger partial charge in [0.2, 0.25) is 5.13 Å². The molecular formula is C17H18N4O3S. The number of aromatic nitrogens is 2. The third-order valence-electron chi connectivity index (χ3n) is 3.15. The quantitative estimate of drug-likeness (QED) is 0.603. The molecule has 2 rings (SSSR count). The van der Waals surface area contributed by atoms with Crippen molar-refractivity contribution in [2.45, 2.75) is 20.3 Å². The molecule has 1 N–H and O–H groups in total. The number of benzene rings is 1. The van der Waals surface area contributed by atoms with Gasteiger partial charge in [-0.25, -0.2) is 0 Å². The number of nitriles is 1. The van der Waals surface area contributed by atoms with Crippen molar-refractivity contribution < 1.29 is 14.3 Å². The number of amides is 1. The van der Waals surface area contributed by atoms with Crippen molar-refractivity contribution in [3.05, 3.63) is 34.3 Å². The van der Waals surface area contributed by atoms with Gasteiger partial charge in [-0.3, -0.25) is 10.1 Å². The van der Waals surface area contributed by atoms with E-state index in [4.69, 9.17) is 9.47 Å². The van der Waals surface area contributed by atoms with E-state index in [9.17, 15) is 10.1 Å². The summed E-state index contributed by atoms with van der Waals surface area (Å²) in [6.45, 7) is 4.34. The monoisotopic (exact) mass is 358 g/mol. The van der Waals surface area contributed by atoms with Gasteiger partial charge in [0.1, 0.15) is 16.6 Å². The average Bonchev–Trinajstić information content (AvgIpc) is 3.08. The maximum absolute atomic E-state index is 12.3. The molecule has 0 saturated heterocycles. The number of carbonyl (C=O) groups excluding carboxylic acids is 1. The molecule has 1 amide bonds. The normalized spacial score (nSPS) is 10.9. The molecule has 25 heavy (non-hydrogen) atoms. The second-order valence-corrected chi connectivity index (χ2v) is 5.88. The summed E-state index contributed by atoms with van der Waals surface area (Å²) in [6, 6.07) is 7.09. The molecule has 0 unspecified atom stereocenters. The van der Waals surface area contributed by atoms with Crippen molar-refractivity contribution in [3.8, 4) is 17.6 Å². The molecule has 8 heteroatoms. The standard InChI is InChI=1S/C17H18N4O3S/c1-4-15-20-21-17(25-15)19-16(22)12(10-18)8-11-6-7-13(24-5-2)14(9-11)23-3/h6-9H,4-5H2,1-3H3,(H,19,21,22)/b12-8+. The summed E-state index contributed by atoms with van der Waals surface area (Å²) in [5.41, 5.74) is 0.609. The predicted octanol–water partition coefficient (Wildman–Crippen LogP) is 3.05. The Balaban J connectivity index is 2.21. The molecule has 0 aliphatic heterocycles. The van der Waals surface area contributed by atoms with E-state index in [1.807, 2.05) is 19.9 Å². The summed E-state index contributed by atoms with van der Waals surface area (Å²) in [7, 11) is 1.53. The maximum atomic E-state index is 12.3. The number of hydrogen-bond donors (Lipinski definition) is 1. The Bertz CT molecular complexity index is 824. The van der Waals surface area contributed by atoms with Crippen molar-refractivity contribution in [1.82, 2.24) is 10.2 Å². The van der Waals surface area contributed by atoms with Crippen molar-refractivity contribution in [1.29, 1.82) is 5.26 Å². The number of methoxy groups -OCH3 is 1. The largest absolute Gasteiger partial charge is 0.493 e. The molecule has 0 radical (unpaired) electrons. The number of nitrogens with zero attached hydrogens (tertiary/aromatic N) is 3. The molecule has 2 aromatic rings. The topological polar surface area (TPSA) is 97.1 Å². The van der Waals surface area contributed by atoms with Gasteiger partial charge in [-0.15, -0.1) is 10.2 Å². The lowest BCUT2D eigenvalue weighted by Gasteiger charge is -2.09. The number of ether oxygens (including phenoxy) is 2. The molecule has 130 valence electrons. The summed E-state index contributed by atoms with van der Waals surface area (Å²) in [5.74, 6) is 0.602. The van der Waals surface area contributed by atoms with E-state index in [-0.39, 0.29) is 5.57 Å². The fourth-order valence-corrected chi connectivity index (χ4v) is 2.65. The molecule has 0 aliphatic rings. The highest BCUT2D eigenvalue weighted by atomic mass is 32.1. The molecule has 0 bridgehead atoms. The molecule has 1 aromatic carbocycles. The Hall–Kier alpha value is -2.92. The number of anilines is 1. The van der Waals surface area contributed by atoms with Crippen LogP contribution in [0.5, 0.6) is 11.5 Å². The number of aryl methyl sites for hydroxylation is 1. The molecule has 1 aromatic heterocycles. The first-order valence-electron chi connectivity index (χ1n) is 7.67. The van der Waals surface area contributed by atoms with Crippen LogP contribution in [-0.2, 0) is 11.2 Å². The number of hydrogen-bond acceptors (Lipinski definition) is 7. The molecule has 0 saturated carbocycles. The lowest BCUT2D eigenvalue weighted by atomic mass is 10.1. The minimum Gasteiger partial charge on any atom is -0.493 e. The Morgan fingerprint density at radius 2 is 2.16 bits per heavy atom. The van der Waals surface area contributed by atoms with Crippen molar-refractivity contribution in [2.75, 3.05) is 19.0 Å². The van der Waals surface area contributed by atoms with Crippen molar-refractivity contribution in [2.24, 2.45) is 0 Å². The number of rotatable bonds is 7. The zero-order valence-electron chi connectivity index (χ0n) is 14.2. The zero-order valence-corrected chi connectivity index (χ0v) is 15.0. The Morgan fingerprint density at radius 1 is 1.36 bits per heavy atom. The minimum atomic E-state index is -0.533. The van der Waals surface area contributed by atoms with Crippen LogP contribution in [0.4, 0.5) is 5.13 Å². The van der Waals surface area contributed by atoms with Gasteiger partial charge in [0.05, 0.1) is 13.7 Å². The van der Waals surface area contributed by atoms with Crippen LogP contribution in [0, 0.1) is 11.3 Å². The lowest BCUT2D eigenvalue weighted by Crippen LogP contribution is -2.13. The molecule has 1 heterocycles. The summed E-state index contributed by atoms with van der Waals surface area (Å²) < 4.78 is 10.7. The van der Waals surface area contributed by atoms with Gasteiger partial charge in [0.15, 0.2) is 11.5 Å². The zero-order chi connectivity index (χ0) is 18.2. The molecule has 0 atom stereocenters. The third-order valence-corrected chi connectivity index (χ3v) is 4.14. The highest BCUT2D eigenvalue weighted by Gasteiger charge is 2.13. The molecule has 7 nitrogen and oxygen atoms in total. The summed E-state index contributed by atoms with van der Waals surface area (Å²) in [6.07, 6.45) is 2.22. The third kappa shape index (κ3) is 4.78. The van der Waals surface area contributed by atoms with E-state index in [0.717, 1.165) is 11.4 Å². The van der Waals surface area contributed by atoms with Crippen LogP contribution in [0.25, 0.3) is 6.08 Å². The highest BCUT2D eigenvalue weighted by molar-refractivity contribution is 7.15. The number of nitrogens with one attached hydrogen (secondary N) is 1. The van der Waals surface area contributed by atoms with Gasteiger partial charge >= 0.3 is 0 Å². The van der Waals surface area contributed by atoms with E-state index in [2.05, 4.69) is 15.5 Å². The second kappa shape index (κ2) is 8.80. The first-order chi connectivity index (χ1) is 12.1. The van der Waals surface area contributed by atoms with Gasteiger partial charge in [-0.05, 0) is 37.1 Å². The van der Waals surface area contributed by atoms with Gasteiger partial charge in [0, 0.05) is 0 Å². The van der Waals surface area contributed by atoms with Crippen LogP contribution < -0.4 is 14.8 Å². The van der Waals surface area contributed by atoms with Crippen molar-refractivity contribution in [3.63, 3.8) is 0 Å². The fourth-order valence-electron chi connectivity index (χ4n) is 1.98. The van der Waals surface area contributed by atoms with Crippen LogP contribution in [0.2, 0.25) is 0 Å². The van der Waals surface area contributed by atoms with E-state index < -0.39 is 5.91 Å². The van der Waals surface area contributed by atoms with Crippen LogP contribution in [0.1, 0.15) is 24.4 Å². The van der Waals surface area contributed by atoms with E-state index in [1.165, 1.54) is 24.5 Å². The van der Waals surface area contributed by atoms with Crippen LogP contribution in [0.3, 0.4) is 0 Å². The van der Waals surface area contributed by atoms with E-state index in [0.29, 0.717) is 28.8 Å². The molecule has 0 fully saturated rings. The Labute approximate surface area is 149 Å². The molecule has 0 aliphatic carbocycles. The van der Waals surface area contributed by atoms with Gasteiger partial charge in [-0.1, -0.05) is 24.3 Å². The SMILES string of the molecule is CCOc1ccc(/C=C(\C#N)C(=O)Nc2nnc(CC)s2)cc1OC. The first kappa shape index (κ1) is 18.4. The van der Waals surface area contributed by atoms with Crippen LogP contribution in [0.15, 0.2) is 23.8 Å². The summed E-state index contributed by atoms with van der Waals surface area (Å²) in [5, 5.41) is 20.9. The van der Waals surface area contributed by atoms with Crippen molar-refractivity contribution >= 4 is 28.5 Å². The lowest BCUT2D eigenvalue weighted by molar-refractivity contribution is -0.112. The Kier molecular flexibility index (Phi) is 6.48. The van der Waals surface area contributed by atoms with Gasteiger partial charge in [0.25, 0.3) is 5.91 Å². The minimum absolute atomic E-state index is 0.0422. The molecular weight excluding hydrogens is 340 g/mol. The summed E-state index contributed by atoms with van der Waals surface area (Å²) in [4.78, 5) is 12.3. The first-order valence-corrected chi connectivity index (χ1v) is 8.49. The fraction of sp³-hybridized carbons (Fsp3) is 0.294. The maximum Gasteiger partial charge on any atom is 0.268 e. The molecule has 0 spiro atoms. The van der Waals surface area contributed by atoms with E-state index in [1.54, 1.807) is 18.2 Å². The highest BCUT2D eigenvalue weighted by Crippen LogP contribution is 2.29. The van der Waals surface area contributed by atoms with Crippen LogP contribution in [-0.4, -0.2) is 29.8 Å². The van der Waals surface area contributed by atoms with E-state index >= 15 is 0 Å². The average molecular weight is 358 g/mol. The van der Waals surface area contributed by atoms with Crippen LogP contribution >= 0.6 is 11.3 Å². The predicted molar refractivity (Wildman–Crippen MR) is 95.7 cm³/mol. The van der Waals surface area contributed by atoms with Gasteiger partial charge < -0.3 is 9.47 Å². The second-order valence-electron chi connectivity index (χ2n) is 4.82. The summed E-state index contributed by atoms with van der Waals surface area (Å²) >= 11 is 1.28. The number of carbonyl (C=O) groups is 1.